The van der Waals surface area contributed by atoms with Crippen molar-refractivity contribution in [2.24, 2.45) is 20.0 Å². The molecule has 0 unspecified atom stereocenters. The number of aromatic nitrogens is 3. The van der Waals surface area contributed by atoms with Crippen LogP contribution in [0.4, 0.5) is 4.39 Å². The Bertz CT molecular complexity index is 1130. The predicted octanol–water partition coefficient (Wildman–Crippen LogP) is 2.51. The van der Waals surface area contributed by atoms with Crippen LogP contribution in [0.25, 0.3) is 5.69 Å². The second kappa shape index (κ2) is 8.73. The van der Waals surface area contributed by atoms with Crippen LogP contribution in [0, 0.1) is 16.5 Å². The molecule has 0 spiro atoms. The molecule has 3 rings (SSSR count). The first-order chi connectivity index (χ1) is 14.1. The minimum absolute atomic E-state index is 0.0186. The van der Waals surface area contributed by atoms with E-state index >= 15 is 0 Å². The summed E-state index contributed by atoms with van der Waals surface area (Å²) in [6, 6.07) is 2.01. The molecule has 30 heavy (non-hydrogen) atoms. The van der Waals surface area contributed by atoms with Crippen molar-refractivity contribution >= 4 is 29.8 Å². The number of nitrogens with zero attached hydrogens (tertiary/aromatic N) is 3. The van der Waals surface area contributed by atoms with E-state index in [1.165, 1.54) is 21.0 Å². The van der Waals surface area contributed by atoms with Crippen molar-refractivity contribution in [2.75, 3.05) is 6.61 Å². The van der Waals surface area contributed by atoms with E-state index in [0.717, 1.165) is 40.5 Å². The number of benzene rings is 1. The van der Waals surface area contributed by atoms with E-state index in [9.17, 15) is 18.8 Å². The lowest BCUT2D eigenvalue weighted by atomic mass is 9.86. The first kappa shape index (κ1) is 22.2. The Hall–Kier alpha value is -2.46. The summed E-state index contributed by atoms with van der Waals surface area (Å²) in [5.41, 5.74) is -2.04. The molecule has 1 atom stereocenters. The van der Waals surface area contributed by atoms with Crippen molar-refractivity contribution in [3.05, 3.63) is 48.7 Å². The van der Waals surface area contributed by atoms with E-state index in [1.807, 2.05) is 0 Å². The van der Waals surface area contributed by atoms with Crippen LogP contribution in [-0.4, -0.2) is 32.4 Å². The Balaban J connectivity index is 1.94. The highest BCUT2D eigenvalue weighted by atomic mass is 35.5. The summed E-state index contributed by atoms with van der Waals surface area (Å²) < 4.78 is 28.1. The summed E-state index contributed by atoms with van der Waals surface area (Å²) in [7, 11) is 2.73. The lowest BCUT2D eigenvalue weighted by Gasteiger charge is -2.25. The normalized spacial score (nSPS) is 14.8. The molecule has 0 aliphatic heterocycles. The number of hydrogen-bond acceptors (Lipinski definition) is 6. The zero-order chi connectivity index (χ0) is 22.2. The van der Waals surface area contributed by atoms with E-state index in [1.54, 1.807) is 0 Å². The van der Waals surface area contributed by atoms with Gasteiger partial charge in [0, 0.05) is 20.2 Å². The van der Waals surface area contributed by atoms with E-state index in [-0.39, 0.29) is 21.2 Å². The lowest BCUT2D eigenvalue weighted by Crippen LogP contribution is -2.43. The minimum Gasteiger partial charge on any atom is -0.477 e. The molecule has 1 aliphatic carbocycles. The van der Waals surface area contributed by atoms with Crippen LogP contribution in [0.2, 0.25) is 5.02 Å². The van der Waals surface area contributed by atoms with E-state index in [0.29, 0.717) is 17.1 Å². The monoisotopic (exact) mass is 457 g/mol. The molecule has 0 amide bonds. The van der Waals surface area contributed by atoms with Crippen molar-refractivity contribution in [3.63, 3.8) is 0 Å². The van der Waals surface area contributed by atoms with Gasteiger partial charge in [-0.15, -0.1) is 0 Å². The van der Waals surface area contributed by atoms with Crippen molar-refractivity contribution in [1.29, 1.82) is 0 Å². The van der Waals surface area contributed by atoms with Crippen molar-refractivity contribution in [1.82, 2.24) is 13.7 Å². The number of rotatable bonds is 6. The molecule has 1 aromatic carbocycles. The van der Waals surface area contributed by atoms with Crippen LogP contribution in [0.3, 0.4) is 0 Å². The second-order valence-corrected chi connectivity index (χ2v) is 7.99. The van der Waals surface area contributed by atoms with Crippen LogP contribution in [0.15, 0.2) is 21.7 Å². The average Bonchev–Trinajstić information content (AvgIpc) is 2.66. The van der Waals surface area contributed by atoms with Gasteiger partial charge in [0.1, 0.15) is 11.6 Å². The summed E-state index contributed by atoms with van der Waals surface area (Å²) >= 11 is 11.1. The van der Waals surface area contributed by atoms with Crippen LogP contribution in [0.5, 0.6) is 5.75 Å². The number of carbonyl (C=O) groups excluding carboxylic acids is 1. The van der Waals surface area contributed by atoms with Gasteiger partial charge in [0.05, 0.1) is 17.3 Å². The molecule has 0 bridgehead atoms. The first-order valence-corrected chi connectivity index (χ1v) is 10.1. The van der Waals surface area contributed by atoms with Gasteiger partial charge < -0.3 is 9.47 Å². The smallest absolute Gasteiger partial charge is 0.347 e. The molecule has 2 aromatic rings. The molecule has 1 fully saturated rings. The number of hydrogen-bond donors (Lipinski definition) is 0. The minimum atomic E-state index is -1.02. The number of ether oxygens (including phenoxy) is 2. The molecule has 1 aromatic heterocycles. The molecule has 1 saturated carbocycles. The molecule has 8 nitrogen and oxygen atoms in total. The Labute approximate surface area is 181 Å². The molecule has 0 saturated heterocycles. The Morgan fingerprint density at radius 2 is 1.87 bits per heavy atom. The summed E-state index contributed by atoms with van der Waals surface area (Å²) in [5.74, 6) is -1.19. The Morgan fingerprint density at radius 3 is 2.40 bits per heavy atom. The molecule has 1 aliphatic rings. The average molecular weight is 458 g/mol. The quantitative estimate of drug-likeness (QED) is 0.489. The third kappa shape index (κ3) is 4.20. The van der Waals surface area contributed by atoms with Gasteiger partial charge >= 0.3 is 17.3 Å². The molecule has 0 radical (unpaired) electrons. The Morgan fingerprint density at radius 1 is 1.27 bits per heavy atom. The van der Waals surface area contributed by atoms with Crippen LogP contribution < -0.4 is 16.1 Å². The standard InChI is InChI=1S/C19H21ClFN3O5S/c1-10(16(25)28-9-11-5-4-6-11)29-15-8-14(13(21)7-12(15)20)24-17(26)22(2)19(30)23(3)18(24)27/h7-8,10-11H,4-6,9H2,1-3H3/t10-/m1/s1. The van der Waals surface area contributed by atoms with Gasteiger partial charge in [-0.1, -0.05) is 18.0 Å². The number of carbonyl (C=O) groups is 1. The molecule has 11 heteroatoms. The second-order valence-electron chi connectivity index (χ2n) is 7.22. The summed E-state index contributed by atoms with van der Waals surface area (Å²) in [4.78, 5) is 37.3. The zero-order valence-corrected chi connectivity index (χ0v) is 18.3. The van der Waals surface area contributed by atoms with Crippen molar-refractivity contribution < 1.29 is 18.7 Å². The topological polar surface area (TPSA) is 84.5 Å². The lowest BCUT2D eigenvalue weighted by molar-refractivity contribution is -0.153. The van der Waals surface area contributed by atoms with Gasteiger partial charge in [0.25, 0.3) is 0 Å². The largest absolute Gasteiger partial charge is 0.477 e. The third-order valence-corrected chi connectivity index (χ3v) is 5.94. The highest BCUT2D eigenvalue weighted by molar-refractivity contribution is 7.71. The zero-order valence-electron chi connectivity index (χ0n) is 16.7. The predicted molar refractivity (Wildman–Crippen MR) is 110 cm³/mol. The molecule has 0 N–H and O–H groups in total. The van der Waals surface area contributed by atoms with Gasteiger partial charge in [0.2, 0.25) is 0 Å². The SMILES string of the molecule is C[C@@H](Oc1cc(-n2c(=O)n(C)c(=S)n(C)c2=O)c(F)cc1Cl)C(=O)OCC1CCC1. The fraction of sp³-hybridized carbons (Fsp3) is 0.474. The van der Waals surface area contributed by atoms with Gasteiger partial charge in [-0.3, -0.25) is 9.13 Å². The van der Waals surface area contributed by atoms with Gasteiger partial charge in [-0.05, 0) is 44.0 Å². The molecular formula is C19H21ClFN3O5S. The maximum absolute atomic E-state index is 14.6. The summed E-state index contributed by atoms with van der Waals surface area (Å²) in [6.45, 7) is 1.80. The van der Waals surface area contributed by atoms with E-state index < -0.39 is 29.3 Å². The van der Waals surface area contributed by atoms with Crippen molar-refractivity contribution in [3.8, 4) is 11.4 Å². The van der Waals surface area contributed by atoms with Crippen molar-refractivity contribution in [2.45, 2.75) is 32.3 Å². The van der Waals surface area contributed by atoms with Gasteiger partial charge in [-0.25, -0.2) is 23.3 Å². The van der Waals surface area contributed by atoms with E-state index in [2.05, 4.69) is 0 Å². The Kier molecular flexibility index (Phi) is 6.47. The number of esters is 1. The molecule has 1 heterocycles. The van der Waals surface area contributed by atoms with Gasteiger partial charge in [-0.2, -0.15) is 0 Å². The van der Waals surface area contributed by atoms with Crippen LogP contribution >= 0.6 is 23.8 Å². The summed E-state index contributed by atoms with van der Waals surface area (Å²) in [6.07, 6.45) is 2.16. The van der Waals surface area contributed by atoms with E-state index in [4.69, 9.17) is 33.3 Å². The fourth-order valence-corrected chi connectivity index (χ4v) is 3.32. The molecular weight excluding hydrogens is 437 g/mol. The fourth-order valence-electron chi connectivity index (χ4n) is 2.97. The maximum Gasteiger partial charge on any atom is 0.347 e. The van der Waals surface area contributed by atoms with Crippen LogP contribution in [-0.2, 0) is 23.6 Å². The number of halogens is 2. The highest BCUT2D eigenvalue weighted by Crippen LogP contribution is 2.30. The third-order valence-electron chi connectivity index (χ3n) is 5.09. The van der Waals surface area contributed by atoms with Crippen LogP contribution in [0.1, 0.15) is 26.2 Å². The highest BCUT2D eigenvalue weighted by Gasteiger charge is 2.24. The molecule has 162 valence electrons. The summed E-state index contributed by atoms with van der Waals surface area (Å²) in [5, 5.41) is -0.121. The van der Waals surface area contributed by atoms with Gasteiger partial charge in [0.15, 0.2) is 10.9 Å². The maximum atomic E-state index is 14.6. The first-order valence-electron chi connectivity index (χ1n) is 9.33.